The Balaban J connectivity index is 1.53. The first-order valence-corrected chi connectivity index (χ1v) is 12.1. The standard InChI is InChI=1S/C24H19ClN2O3S2/c1-13-19(12-26-30-13)15-4-7-18(21-8-9-23(25)31-21)20(10-15)27-32-22-11-16(24(28)29)5-6-17(22)14-2-3-14/h4-12,14,27H,2-3H2,1H3,(H,28,29). The van der Waals surface area contributed by atoms with E-state index in [1.54, 1.807) is 18.3 Å². The molecule has 1 aliphatic carbocycles. The molecule has 1 saturated carbocycles. The smallest absolute Gasteiger partial charge is 0.335 e. The van der Waals surface area contributed by atoms with E-state index in [-0.39, 0.29) is 5.56 Å². The van der Waals surface area contributed by atoms with Crippen molar-refractivity contribution in [1.82, 2.24) is 5.16 Å². The summed E-state index contributed by atoms with van der Waals surface area (Å²) in [4.78, 5) is 13.5. The first-order valence-electron chi connectivity index (χ1n) is 10.1. The van der Waals surface area contributed by atoms with Gasteiger partial charge in [-0.2, -0.15) is 0 Å². The van der Waals surface area contributed by atoms with Crippen molar-refractivity contribution in [3.05, 3.63) is 76.0 Å². The summed E-state index contributed by atoms with van der Waals surface area (Å²) in [5, 5.41) is 13.3. The molecule has 8 heteroatoms. The number of carboxylic acid groups (broad SMARTS) is 1. The van der Waals surface area contributed by atoms with Gasteiger partial charge in [0.05, 0.1) is 21.8 Å². The van der Waals surface area contributed by atoms with Gasteiger partial charge in [0.1, 0.15) is 5.76 Å². The zero-order valence-corrected chi connectivity index (χ0v) is 19.5. The summed E-state index contributed by atoms with van der Waals surface area (Å²) in [5.41, 5.74) is 5.33. The normalized spacial score (nSPS) is 13.3. The molecule has 0 spiro atoms. The quantitative estimate of drug-likeness (QED) is 0.262. The predicted octanol–water partition coefficient (Wildman–Crippen LogP) is 7.73. The zero-order chi connectivity index (χ0) is 22.2. The summed E-state index contributed by atoms with van der Waals surface area (Å²) in [6.45, 7) is 1.89. The molecule has 5 nitrogen and oxygen atoms in total. The van der Waals surface area contributed by atoms with Crippen molar-refractivity contribution in [2.45, 2.75) is 30.6 Å². The summed E-state index contributed by atoms with van der Waals surface area (Å²) < 4.78 is 9.45. The summed E-state index contributed by atoms with van der Waals surface area (Å²) in [6, 6.07) is 15.4. The maximum atomic E-state index is 11.5. The minimum Gasteiger partial charge on any atom is -0.478 e. The fourth-order valence-electron chi connectivity index (χ4n) is 3.64. The molecule has 0 bridgehead atoms. The first-order chi connectivity index (χ1) is 15.5. The summed E-state index contributed by atoms with van der Waals surface area (Å²) >= 11 is 9.16. The Morgan fingerprint density at radius 3 is 2.69 bits per heavy atom. The number of benzene rings is 2. The third-order valence-corrected chi connectivity index (χ3v) is 7.63. The Labute approximate surface area is 198 Å². The van der Waals surface area contributed by atoms with Gasteiger partial charge in [-0.1, -0.05) is 35.0 Å². The summed E-state index contributed by atoms with van der Waals surface area (Å²) in [7, 11) is 0. The molecule has 1 fully saturated rings. The number of aryl methyl sites for hydroxylation is 1. The van der Waals surface area contributed by atoms with Gasteiger partial charge >= 0.3 is 5.97 Å². The van der Waals surface area contributed by atoms with Gasteiger partial charge in [0, 0.05) is 20.9 Å². The number of aromatic nitrogens is 1. The van der Waals surface area contributed by atoms with E-state index in [0.29, 0.717) is 5.92 Å². The highest BCUT2D eigenvalue weighted by Crippen LogP contribution is 2.45. The Bertz CT molecular complexity index is 1310. The van der Waals surface area contributed by atoms with Gasteiger partial charge in [0.25, 0.3) is 0 Å². The van der Waals surface area contributed by atoms with Gasteiger partial charge in [0.2, 0.25) is 0 Å². The van der Waals surface area contributed by atoms with Crippen LogP contribution in [-0.2, 0) is 0 Å². The number of thiophene rings is 1. The molecular formula is C24H19ClN2O3S2. The number of carbonyl (C=O) groups is 1. The molecule has 162 valence electrons. The van der Waals surface area contributed by atoms with Crippen LogP contribution in [0.3, 0.4) is 0 Å². The highest BCUT2D eigenvalue weighted by molar-refractivity contribution is 8.00. The average Bonchev–Trinajstić information content (AvgIpc) is 3.40. The van der Waals surface area contributed by atoms with Crippen molar-refractivity contribution >= 4 is 46.5 Å². The van der Waals surface area contributed by atoms with Gasteiger partial charge in [0.15, 0.2) is 0 Å². The van der Waals surface area contributed by atoms with Crippen molar-refractivity contribution in [2.75, 3.05) is 4.72 Å². The molecule has 0 saturated heterocycles. The number of carboxylic acids is 1. The Morgan fingerprint density at radius 1 is 1.19 bits per heavy atom. The molecule has 0 aliphatic heterocycles. The molecule has 4 aromatic rings. The molecule has 32 heavy (non-hydrogen) atoms. The Hall–Kier alpha value is -2.74. The van der Waals surface area contributed by atoms with Crippen molar-refractivity contribution in [2.24, 2.45) is 0 Å². The van der Waals surface area contributed by atoms with E-state index in [1.807, 2.05) is 31.2 Å². The molecule has 0 unspecified atom stereocenters. The number of hydrogen-bond acceptors (Lipinski definition) is 6. The van der Waals surface area contributed by atoms with Gasteiger partial charge < -0.3 is 14.4 Å². The predicted molar refractivity (Wildman–Crippen MR) is 130 cm³/mol. The second kappa shape index (κ2) is 8.65. The minimum absolute atomic E-state index is 0.290. The number of nitrogens with zero attached hydrogens (tertiary/aromatic N) is 1. The van der Waals surface area contributed by atoms with E-state index in [1.165, 1.54) is 28.8 Å². The molecular weight excluding hydrogens is 464 g/mol. The Kier molecular flexibility index (Phi) is 5.71. The van der Waals surface area contributed by atoms with Crippen LogP contribution < -0.4 is 4.72 Å². The molecule has 5 rings (SSSR count). The minimum atomic E-state index is -0.923. The number of hydrogen-bond donors (Lipinski definition) is 2. The average molecular weight is 483 g/mol. The highest BCUT2D eigenvalue weighted by atomic mass is 35.5. The highest BCUT2D eigenvalue weighted by Gasteiger charge is 2.27. The van der Waals surface area contributed by atoms with E-state index in [0.717, 1.165) is 55.1 Å². The third kappa shape index (κ3) is 4.28. The van der Waals surface area contributed by atoms with Crippen LogP contribution in [0.15, 0.2) is 64.1 Å². The third-order valence-electron chi connectivity index (χ3n) is 5.47. The number of anilines is 1. The first kappa shape index (κ1) is 21.1. The lowest BCUT2D eigenvalue weighted by atomic mass is 10.0. The summed E-state index contributed by atoms with van der Waals surface area (Å²) in [6.07, 6.45) is 3.99. The van der Waals surface area contributed by atoms with Crippen LogP contribution in [0.2, 0.25) is 4.34 Å². The van der Waals surface area contributed by atoms with Crippen molar-refractivity contribution in [1.29, 1.82) is 0 Å². The largest absolute Gasteiger partial charge is 0.478 e. The molecule has 2 N–H and O–H groups in total. The molecule has 2 aromatic heterocycles. The SMILES string of the molecule is Cc1oncc1-c1ccc(-c2ccc(Cl)s2)c(NSc2cc(C(=O)O)ccc2C2CC2)c1. The van der Waals surface area contributed by atoms with Crippen LogP contribution in [0.1, 0.15) is 40.4 Å². The number of aromatic carboxylic acids is 1. The fraction of sp³-hybridized carbons (Fsp3) is 0.167. The van der Waals surface area contributed by atoms with Gasteiger partial charge in [-0.25, -0.2) is 4.79 Å². The topological polar surface area (TPSA) is 75.4 Å². The van der Waals surface area contributed by atoms with E-state index in [9.17, 15) is 9.90 Å². The van der Waals surface area contributed by atoms with Crippen molar-refractivity contribution in [3.8, 4) is 21.6 Å². The summed E-state index contributed by atoms with van der Waals surface area (Å²) in [5.74, 6) is 0.331. The van der Waals surface area contributed by atoms with Crippen LogP contribution in [0.25, 0.3) is 21.6 Å². The molecule has 0 radical (unpaired) electrons. The number of rotatable bonds is 7. The monoisotopic (exact) mass is 482 g/mol. The number of halogens is 1. The van der Waals surface area contributed by atoms with Gasteiger partial charge in [-0.05, 0) is 79.1 Å². The Morgan fingerprint density at radius 2 is 2.03 bits per heavy atom. The molecule has 2 aromatic carbocycles. The molecule has 2 heterocycles. The second-order valence-electron chi connectivity index (χ2n) is 7.70. The molecule has 1 aliphatic rings. The zero-order valence-electron chi connectivity index (χ0n) is 17.1. The van der Waals surface area contributed by atoms with Crippen LogP contribution in [0.5, 0.6) is 0 Å². The number of nitrogens with one attached hydrogen (secondary N) is 1. The fourth-order valence-corrected chi connectivity index (χ4v) is 5.65. The van der Waals surface area contributed by atoms with Gasteiger partial charge in [-0.3, -0.25) is 0 Å². The lowest BCUT2D eigenvalue weighted by Gasteiger charge is -2.15. The lowest BCUT2D eigenvalue weighted by molar-refractivity contribution is 0.0696. The van der Waals surface area contributed by atoms with Crippen LogP contribution in [0.4, 0.5) is 5.69 Å². The molecule has 0 amide bonds. The van der Waals surface area contributed by atoms with E-state index in [4.69, 9.17) is 16.1 Å². The second-order valence-corrected chi connectivity index (χ2v) is 10.3. The van der Waals surface area contributed by atoms with E-state index < -0.39 is 5.97 Å². The maximum absolute atomic E-state index is 11.5. The van der Waals surface area contributed by atoms with Crippen LogP contribution >= 0.6 is 34.9 Å². The molecule has 0 atom stereocenters. The van der Waals surface area contributed by atoms with E-state index >= 15 is 0 Å². The van der Waals surface area contributed by atoms with Crippen LogP contribution in [0, 0.1) is 6.92 Å². The lowest BCUT2D eigenvalue weighted by Crippen LogP contribution is -1.99. The van der Waals surface area contributed by atoms with Crippen molar-refractivity contribution in [3.63, 3.8) is 0 Å². The van der Waals surface area contributed by atoms with E-state index in [2.05, 4.69) is 22.0 Å². The maximum Gasteiger partial charge on any atom is 0.335 e. The van der Waals surface area contributed by atoms with Crippen LogP contribution in [-0.4, -0.2) is 16.2 Å². The van der Waals surface area contributed by atoms with Gasteiger partial charge in [-0.15, -0.1) is 11.3 Å². The van der Waals surface area contributed by atoms with Crippen molar-refractivity contribution < 1.29 is 14.4 Å².